The molecule has 3 rings (SSSR count). The average Bonchev–Trinajstić information content (AvgIpc) is 3.43. The number of carbonyl (C=O) groups is 2. The summed E-state index contributed by atoms with van der Waals surface area (Å²) in [5, 5.41) is 8.56. The smallest absolute Gasteiger partial charge is 0.251 e. The van der Waals surface area contributed by atoms with Crippen molar-refractivity contribution < 1.29 is 9.59 Å². The lowest BCUT2D eigenvalue weighted by atomic mass is 10.2. The number of thioether (sulfide) groups is 1. The molecule has 3 aromatic rings. The van der Waals surface area contributed by atoms with Crippen LogP contribution in [0, 0.1) is 0 Å². The van der Waals surface area contributed by atoms with Crippen LogP contribution in [0.15, 0.2) is 59.3 Å². The molecule has 2 heterocycles. The molecule has 2 N–H and O–H groups in total. The fourth-order valence-corrected chi connectivity index (χ4v) is 4.08. The highest BCUT2D eigenvalue weighted by atomic mass is 32.2. The second kappa shape index (κ2) is 10.8. The van der Waals surface area contributed by atoms with Gasteiger partial charge in [0.2, 0.25) is 5.91 Å². The number of hydrogen-bond acceptors (Lipinski definition) is 5. The molecule has 29 heavy (non-hydrogen) atoms. The average molecular weight is 429 g/mol. The molecular formula is C21H24N4O2S2. The third kappa shape index (κ3) is 6.20. The van der Waals surface area contributed by atoms with Crippen molar-refractivity contribution in [3.05, 3.63) is 64.6 Å². The molecule has 0 radical (unpaired) electrons. The molecular weight excluding hydrogens is 404 g/mol. The highest BCUT2D eigenvalue weighted by Crippen LogP contribution is 2.20. The molecule has 0 spiro atoms. The topological polar surface area (TPSA) is 76.0 Å². The highest BCUT2D eigenvalue weighted by molar-refractivity contribution is 7.99. The number of rotatable bonds is 10. The van der Waals surface area contributed by atoms with E-state index in [1.54, 1.807) is 29.7 Å². The first-order valence-corrected chi connectivity index (χ1v) is 11.4. The van der Waals surface area contributed by atoms with Crippen molar-refractivity contribution in [3.8, 4) is 5.69 Å². The zero-order chi connectivity index (χ0) is 20.5. The summed E-state index contributed by atoms with van der Waals surface area (Å²) in [6, 6.07) is 11.3. The Morgan fingerprint density at radius 2 is 2.00 bits per heavy atom. The first-order valence-electron chi connectivity index (χ1n) is 9.51. The van der Waals surface area contributed by atoms with Crippen LogP contribution in [0.25, 0.3) is 5.69 Å². The molecule has 0 aliphatic heterocycles. The van der Waals surface area contributed by atoms with Gasteiger partial charge in [-0.2, -0.15) is 0 Å². The highest BCUT2D eigenvalue weighted by Gasteiger charge is 2.10. The van der Waals surface area contributed by atoms with Gasteiger partial charge in [-0.15, -0.1) is 11.3 Å². The number of nitrogens with one attached hydrogen (secondary N) is 2. The van der Waals surface area contributed by atoms with Crippen LogP contribution in [0.5, 0.6) is 0 Å². The summed E-state index contributed by atoms with van der Waals surface area (Å²) in [5.41, 5.74) is 1.50. The van der Waals surface area contributed by atoms with Crippen molar-refractivity contribution >= 4 is 34.9 Å². The molecule has 2 aromatic heterocycles. The number of nitrogens with zero attached hydrogens (tertiary/aromatic N) is 2. The maximum atomic E-state index is 12.3. The number of thiophene rings is 1. The largest absolute Gasteiger partial charge is 0.355 e. The van der Waals surface area contributed by atoms with E-state index < -0.39 is 0 Å². The van der Waals surface area contributed by atoms with Crippen molar-refractivity contribution in [1.82, 2.24) is 20.2 Å². The lowest BCUT2D eigenvalue weighted by molar-refractivity contribution is -0.118. The molecule has 1 aromatic carbocycles. The summed E-state index contributed by atoms with van der Waals surface area (Å²) in [5.74, 6) is 0.230. The molecule has 0 aliphatic carbocycles. The Morgan fingerprint density at radius 1 is 1.17 bits per heavy atom. The summed E-state index contributed by atoms with van der Waals surface area (Å²) in [6.45, 7) is 3.33. The van der Waals surface area contributed by atoms with Crippen molar-refractivity contribution in [2.75, 3.05) is 12.3 Å². The molecule has 0 saturated heterocycles. The second-order valence-corrected chi connectivity index (χ2v) is 8.36. The first kappa shape index (κ1) is 21.1. The summed E-state index contributed by atoms with van der Waals surface area (Å²) in [7, 11) is 0. The molecule has 0 bridgehead atoms. The number of carbonyl (C=O) groups excluding carboxylic acids is 2. The fraction of sp³-hybridized carbons (Fsp3) is 0.286. The molecule has 8 heteroatoms. The van der Waals surface area contributed by atoms with Gasteiger partial charge in [-0.05, 0) is 42.1 Å². The number of hydrogen-bond donors (Lipinski definition) is 2. The normalized spacial score (nSPS) is 10.7. The van der Waals surface area contributed by atoms with E-state index in [9.17, 15) is 9.59 Å². The predicted octanol–water partition coefficient (Wildman–Crippen LogP) is 3.87. The van der Waals surface area contributed by atoms with Crippen LogP contribution in [0.1, 0.15) is 35.0 Å². The predicted molar refractivity (Wildman–Crippen MR) is 118 cm³/mol. The molecule has 152 valence electrons. The lowest BCUT2D eigenvalue weighted by Crippen LogP contribution is -2.26. The van der Waals surface area contributed by atoms with Gasteiger partial charge >= 0.3 is 0 Å². The van der Waals surface area contributed by atoms with E-state index in [1.807, 2.05) is 40.4 Å². The fourth-order valence-electron chi connectivity index (χ4n) is 2.63. The number of imidazole rings is 1. The van der Waals surface area contributed by atoms with E-state index in [0.29, 0.717) is 24.4 Å². The van der Waals surface area contributed by atoms with Gasteiger partial charge in [0, 0.05) is 35.1 Å². The van der Waals surface area contributed by atoms with Crippen LogP contribution in [-0.4, -0.2) is 33.7 Å². The first-order chi connectivity index (χ1) is 14.2. The van der Waals surface area contributed by atoms with Gasteiger partial charge < -0.3 is 10.6 Å². The summed E-state index contributed by atoms with van der Waals surface area (Å²) in [4.78, 5) is 29.7. The Morgan fingerprint density at radius 3 is 2.72 bits per heavy atom. The van der Waals surface area contributed by atoms with Gasteiger partial charge in [0.1, 0.15) is 0 Å². The maximum Gasteiger partial charge on any atom is 0.251 e. The van der Waals surface area contributed by atoms with Crippen LogP contribution in [0.2, 0.25) is 0 Å². The quantitative estimate of drug-likeness (QED) is 0.380. The van der Waals surface area contributed by atoms with E-state index in [0.717, 1.165) is 28.6 Å². The monoisotopic (exact) mass is 428 g/mol. The Balaban J connectivity index is 1.56. The standard InChI is InChI=1S/C21H24N4O2S2/c1-2-3-10-22-19(26)15-29-21-23-11-12-25(21)17-8-6-16(7-9-17)20(27)24-14-18-5-4-13-28-18/h4-9,11-13H,2-3,10,14-15H2,1H3,(H,22,26)(H,24,27). The molecule has 0 aliphatic rings. The Bertz CT molecular complexity index is 921. The SMILES string of the molecule is CCCCNC(=O)CSc1nccn1-c1ccc(C(=O)NCc2cccs2)cc1. The molecule has 0 atom stereocenters. The zero-order valence-electron chi connectivity index (χ0n) is 16.3. The molecule has 0 unspecified atom stereocenters. The minimum atomic E-state index is -0.103. The van der Waals surface area contributed by atoms with Crippen LogP contribution >= 0.6 is 23.1 Å². The molecule has 0 fully saturated rings. The van der Waals surface area contributed by atoms with Gasteiger partial charge in [-0.25, -0.2) is 4.98 Å². The Kier molecular flexibility index (Phi) is 7.89. The summed E-state index contributed by atoms with van der Waals surface area (Å²) >= 11 is 3.01. The van der Waals surface area contributed by atoms with Gasteiger partial charge in [-0.1, -0.05) is 31.2 Å². The van der Waals surface area contributed by atoms with Gasteiger partial charge in [-0.3, -0.25) is 14.2 Å². The van der Waals surface area contributed by atoms with Crippen LogP contribution < -0.4 is 10.6 Å². The van der Waals surface area contributed by atoms with E-state index in [1.165, 1.54) is 11.8 Å². The minimum Gasteiger partial charge on any atom is -0.355 e. The van der Waals surface area contributed by atoms with Crippen molar-refractivity contribution in [2.24, 2.45) is 0 Å². The number of amides is 2. The summed E-state index contributed by atoms with van der Waals surface area (Å²) < 4.78 is 1.91. The molecule has 0 saturated carbocycles. The van der Waals surface area contributed by atoms with Gasteiger partial charge in [0.05, 0.1) is 12.3 Å². The second-order valence-electron chi connectivity index (χ2n) is 6.38. The Hall–Kier alpha value is -2.58. The van der Waals surface area contributed by atoms with Crippen LogP contribution in [-0.2, 0) is 11.3 Å². The van der Waals surface area contributed by atoms with E-state index in [-0.39, 0.29) is 11.8 Å². The van der Waals surface area contributed by atoms with E-state index >= 15 is 0 Å². The van der Waals surface area contributed by atoms with Crippen LogP contribution in [0.3, 0.4) is 0 Å². The lowest BCUT2D eigenvalue weighted by Gasteiger charge is -2.09. The van der Waals surface area contributed by atoms with Crippen molar-refractivity contribution in [2.45, 2.75) is 31.5 Å². The van der Waals surface area contributed by atoms with Crippen molar-refractivity contribution in [3.63, 3.8) is 0 Å². The van der Waals surface area contributed by atoms with E-state index in [2.05, 4.69) is 22.5 Å². The minimum absolute atomic E-state index is 0.00996. The number of unbranched alkanes of at least 4 members (excludes halogenated alkanes) is 1. The number of benzene rings is 1. The third-order valence-corrected chi connectivity index (χ3v) is 6.05. The summed E-state index contributed by atoms with van der Waals surface area (Å²) in [6.07, 6.45) is 5.60. The van der Waals surface area contributed by atoms with Gasteiger partial charge in [0.25, 0.3) is 5.91 Å². The maximum absolute atomic E-state index is 12.3. The van der Waals surface area contributed by atoms with Crippen molar-refractivity contribution in [1.29, 1.82) is 0 Å². The third-order valence-electron chi connectivity index (χ3n) is 4.20. The van der Waals surface area contributed by atoms with Crippen LogP contribution in [0.4, 0.5) is 0 Å². The van der Waals surface area contributed by atoms with Gasteiger partial charge in [0.15, 0.2) is 5.16 Å². The zero-order valence-corrected chi connectivity index (χ0v) is 17.9. The Labute approximate surface area is 178 Å². The van der Waals surface area contributed by atoms with E-state index in [4.69, 9.17) is 0 Å². The molecule has 2 amide bonds. The number of aromatic nitrogens is 2. The molecule has 6 nitrogen and oxygen atoms in total.